The molecule has 0 amide bonds. The Labute approximate surface area is 145 Å². The Morgan fingerprint density at radius 3 is 2.40 bits per heavy atom. The van der Waals surface area contributed by atoms with Crippen molar-refractivity contribution in [3.8, 4) is 5.88 Å². The van der Waals surface area contributed by atoms with Crippen molar-refractivity contribution in [1.82, 2.24) is 19.9 Å². The van der Waals surface area contributed by atoms with Crippen molar-refractivity contribution in [2.24, 2.45) is 4.99 Å². The number of aromatic hydroxyl groups is 1. The van der Waals surface area contributed by atoms with Crippen molar-refractivity contribution in [2.75, 3.05) is 0 Å². The van der Waals surface area contributed by atoms with Gasteiger partial charge in [0.2, 0.25) is 5.88 Å². The minimum atomic E-state index is -0.517. The zero-order valence-electron chi connectivity index (χ0n) is 12.7. The fourth-order valence-corrected chi connectivity index (χ4v) is 2.62. The summed E-state index contributed by atoms with van der Waals surface area (Å²) in [5.41, 5.74) is 3.12. The van der Waals surface area contributed by atoms with Crippen molar-refractivity contribution in [3.05, 3.63) is 63.2 Å². The number of nitrogens with zero attached hydrogens (tertiary/aromatic N) is 3. The van der Waals surface area contributed by atoms with E-state index in [1.54, 1.807) is 12.1 Å². The molecule has 0 spiro atoms. The summed E-state index contributed by atoms with van der Waals surface area (Å²) in [7, 11) is 0. The quantitative estimate of drug-likeness (QED) is 0.293. The number of fused-ring (bicyclic) bond motifs is 2. The molecule has 0 aliphatic carbocycles. The molecule has 0 atom stereocenters. The molecular weight excluding hydrogens is 338 g/mol. The van der Waals surface area contributed by atoms with Gasteiger partial charge in [0.05, 0.1) is 27.8 Å². The number of para-hydroxylation sites is 2. The van der Waals surface area contributed by atoms with Gasteiger partial charge < -0.3 is 10.1 Å². The fourth-order valence-electron chi connectivity index (χ4n) is 2.43. The van der Waals surface area contributed by atoms with E-state index in [1.165, 1.54) is 6.21 Å². The van der Waals surface area contributed by atoms with Crippen LogP contribution in [-0.4, -0.2) is 31.3 Å². The summed E-state index contributed by atoms with van der Waals surface area (Å²) < 4.78 is 0.0486. The first-order valence-electron chi connectivity index (χ1n) is 7.36. The van der Waals surface area contributed by atoms with Gasteiger partial charge in [0.25, 0.3) is 5.56 Å². The highest BCUT2D eigenvalue weighted by Gasteiger charge is 2.05. The highest BCUT2D eigenvalue weighted by atomic mass is 32.1. The molecule has 0 saturated carbocycles. The molecule has 0 aliphatic heterocycles. The van der Waals surface area contributed by atoms with Gasteiger partial charge in [-0.25, -0.2) is 9.97 Å². The fraction of sp³-hybridized carbons (Fsp3) is 0. The number of H-pyrrole nitrogens is 2. The van der Waals surface area contributed by atoms with Crippen molar-refractivity contribution in [3.63, 3.8) is 0 Å². The molecule has 25 heavy (non-hydrogen) atoms. The molecule has 0 radical (unpaired) electrons. The highest BCUT2D eigenvalue weighted by Crippen LogP contribution is 2.21. The predicted octanol–water partition coefficient (Wildman–Crippen LogP) is 2.99. The number of aromatic nitrogens is 4. The number of hydrogen-bond donors (Lipinski definition) is 3. The molecule has 2 aromatic carbocycles. The van der Waals surface area contributed by atoms with E-state index < -0.39 is 5.56 Å². The lowest BCUT2D eigenvalue weighted by Gasteiger charge is -2.02. The third kappa shape index (κ3) is 2.90. The molecule has 0 aliphatic rings. The maximum absolute atomic E-state index is 11.8. The molecule has 0 fully saturated rings. The molecule has 0 unspecified atom stereocenters. The summed E-state index contributed by atoms with van der Waals surface area (Å²) in [5.74, 6) is -0.330. The Morgan fingerprint density at radius 1 is 1.00 bits per heavy atom. The average Bonchev–Trinajstić information content (AvgIpc) is 2.59. The smallest absolute Gasteiger partial charge is 0.264 e. The Balaban J connectivity index is 1.78. The lowest BCUT2D eigenvalue weighted by molar-refractivity contribution is 0.449. The van der Waals surface area contributed by atoms with Crippen molar-refractivity contribution < 1.29 is 5.11 Å². The van der Waals surface area contributed by atoms with Crippen LogP contribution in [0.15, 0.2) is 52.3 Å². The summed E-state index contributed by atoms with van der Waals surface area (Å²) in [6.07, 6.45) is 1.27. The number of nitrogens with one attached hydrogen (secondary N) is 2. The van der Waals surface area contributed by atoms with E-state index in [9.17, 15) is 9.90 Å². The summed E-state index contributed by atoms with van der Waals surface area (Å²) >= 11 is 4.78. The topological polar surface area (TPSA) is 107 Å². The van der Waals surface area contributed by atoms with Gasteiger partial charge in [-0.2, -0.15) is 0 Å². The monoisotopic (exact) mass is 349 g/mol. The second-order valence-electron chi connectivity index (χ2n) is 5.31. The van der Waals surface area contributed by atoms with Gasteiger partial charge in [0, 0.05) is 6.21 Å². The van der Waals surface area contributed by atoms with Gasteiger partial charge in [-0.1, -0.05) is 12.1 Å². The third-order valence-corrected chi connectivity index (χ3v) is 3.83. The Kier molecular flexibility index (Phi) is 3.58. The largest absolute Gasteiger partial charge is 0.494 e. The maximum Gasteiger partial charge on any atom is 0.264 e. The number of benzene rings is 2. The van der Waals surface area contributed by atoms with Gasteiger partial charge in [0.1, 0.15) is 5.56 Å². The molecule has 122 valence electrons. The Hall–Kier alpha value is -3.39. The number of aromatic amines is 2. The van der Waals surface area contributed by atoms with Gasteiger partial charge in [0.15, 0.2) is 4.77 Å². The molecular formula is C17H11N5O2S. The lowest BCUT2D eigenvalue weighted by atomic mass is 10.2. The van der Waals surface area contributed by atoms with E-state index in [-0.39, 0.29) is 16.2 Å². The van der Waals surface area contributed by atoms with E-state index in [2.05, 4.69) is 24.9 Å². The van der Waals surface area contributed by atoms with E-state index in [0.717, 1.165) is 16.6 Å². The summed E-state index contributed by atoms with van der Waals surface area (Å²) in [4.78, 5) is 30.0. The highest BCUT2D eigenvalue weighted by molar-refractivity contribution is 7.71. The number of aliphatic imine (C=N–C) groups is 1. The van der Waals surface area contributed by atoms with Crippen LogP contribution in [0.4, 0.5) is 5.69 Å². The molecule has 2 aromatic heterocycles. The second kappa shape index (κ2) is 5.91. The first-order chi connectivity index (χ1) is 12.1. The molecule has 0 bridgehead atoms. The molecule has 4 aromatic rings. The number of rotatable bonds is 2. The third-order valence-electron chi connectivity index (χ3n) is 3.62. The Morgan fingerprint density at radius 2 is 1.68 bits per heavy atom. The van der Waals surface area contributed by atoms with E-state index in [1.807, 2.05) is 30.3 Å². The predicted molar refractivity (Wildman–Crippen MR) is 98.2 cm³/mol. The van der Waals surface area contributed by atoms with Crippen LogP contribution in [0, 0.1) is 4.77 Å². The van der Waals surface area contributed by atoms with E-state index in [4.69, 9.17) is 12.2 Å². The zero-order valence-corrected chi connectivity index (χ0v) is 13.5. The van der Waals surface area contributed by atoms with Crippen LogP contribution in [-0.2, 0) is 0 Å². The molecule has 0 saturated heterocycles. The minimum Gasteiger partial charge on any atom is -0.494 e. The summed E-state index contributed by atoms with van der Waals surface area (Å²) in [5, 5.41) is 9.78. The van der Waals surface area contributed by atoms with E-state index in [0.29, 0.717) is 11.2 Å². The molecule has 4 rings (SSSR count). The standard InChI is InChI=1S/C17H11N5O2S/c23-15-10(16(24)22-17(25)21-15)8-18-9-5-6-13-14(7-9)20-12-4-2-1-3-11(12)19-13/h1-8H,(H3,21,22,23,24,25). The van der Waals surface area contributed by atoms with Crippen LogP contribution >= 0.6 is 12.2 Å². The Bertz CT molecular complexity index is 1260. The lowest BCUT2D eigenvalue weighted by Crippen LogP contribution is -2.13. The normalized spacial score (nSPS) is 11.5. The molecule has 2 heterocycles. The first-order valence-corrected chi connectivity index (χ1v) is 7.77. The maximum atomic E-state index is 11.8. The molecule has 7 nitrogen and oxygen atoms in total. The van der Waals surface area contributed by atoms with Crippen LogP contribution in [0.2, 0.25) is 0 Å². The van der Waals surface area contributed by atoms with Gasteiger partial charge >= 0.3 is 0 Å². The summed E-state index contributed by atoms with van der Waals surface area (Å²) in [6.45, 7) is 0. The van der Waals surface area contributed by atoms with Gasteiger partial charge in [-0.3, -0.25) is 14.8 Å². The molecule has 3 N–H and O–H groups in total. The summed E-state index contributed by atoms with van der Waals surface area (Å²) in [6, 6.07) is 12.9. The van der Waals surface area contributed by atoms with Crippen LogP contribution in [0.25, 0.3) is 22.1 Å². The van der Waals surface area contributed by atoms with Crippen LogP contribution in [0.1, 0.15) is 5.56 Å². The van der Waals surface area contributed by atoms with Crippen LogP contribution in [0.5, 0.6) is 5.88 Å². The van der Waals surface area contributed by atoms with Crippen LogP contribution in [0.3, 0.4) is 0 Å². The first kappa shape index (κ1) is 15.2. The second-order valence-corrected chi connectivity index (χ2v) is 5.72. The average molecular weight is 349 g/mol. The number of hydrogen-bond acceptors (Lipinski definition) is 6. The van der Waals surface area contributed by atoms with Crippen molar-refractivity contribution in [1.29, 1.82) is 0 Å². The van der Waals surface area contributed by atoms with Crippen LogP contribution < -0.4 is 5.56 Å². The molecule has 8 heteroatoms. The van der Waals surface area contributed by atoms with Crippen molar-refractivity contribution in [2.45, 2.75) is 0 Å². The van der Waals surface area contributed by atoms with Gasteiger partial charge in [-0.05, 0) is 42.5 Å². The zero-order chi connectivity index (χ0) is 17.4. The van der Waals surface area contributed by atoms with E-state index >= 15 is 0 Å². The minimum absolute atomic E-state index is 0.00158. The van der Waals surface area contributed by atoms with Crippen molar-refractivity contribution >= 4 is 46.2 Å². The van der Waals surface area contributed by atoms with Gasteiger partial charge in [-0.15, -0.1) is 0 Å². The SMILES string of the molecule is O=c1[nH]c(=S)[nH]c(O)c1C=Nc1ccc2nc3ccccc3nc2c1.